The molecule has 1 fully saturated rings. The first kappa shape index (κ1) is 20.0. The van der Waals surface area contributed by atoms with Crippen LogP contribution in [0.1, 0.15) is 19.4 Å². The Labute approximate surface area is 168 Å². The molecule has 146 valence electrons. The molecule has 1 aromatic heterocycles. The predicted molar refractivity (Wildman–Crippen MR) is 108 cm³/mol. The van der Waals surface area contributed by atoms with Crippen LogP contribution in [0.25, 0.3) is 0 Å². The minimum Gasteiger partial charge on any atom is -0.474 e. The second-order valence-corrected chi connectivity index (χ2v) is 9.49. The number of rotatable bonds is 5. The molecule has 1 aliphatic heterocycles. The van der Waals surface area contributed by atoms with Crippen molar-refractivity contribution >= 4 is 31.9 Å². The SMILES string of the molecule is Cc1ccc(S(=O)(=O)N2CCN(c3ncc(Br)c(OC(C)C)n3)CC2)cc1. The minimum atomic E-state index is -3.48. The third-order valence-corrected chi connectivity index (χ3v) is 6.68. The Morgan fingerprint density at radius 1 is 1.11 bits per heavy atom. The van der Waals surface area contributed by atoms with Crippen LogP contribution in [-0.2, 0) is 10.0 Å². The lowest BCUT2D eigenvalue weighted by molar-refractivity contribution is 0.230. The fraction of sp³-hybridized carbons (Fsp3) is 0.444. The Balaban J connectivity index is 1.71. The van der Waals surface area contributed by atoms with Gasteiger partial charge < -0.3 is 9.64 Å². The van der Waals surface area contributed by atoms with Crippen LogP contribution < -0.4 is 9.64 Å². The van der Waals surface area contributed by atoms with Crippen LogP contribution in [0.15, 0.2) is 39.8 Å². The molecule has 7 nitrogen and oxygen atoms in total. The maximum Gasteiger partial charge on any atom is 0.243 e. The van der Waals surface area contributed by atoms with Crippen molar-refractivity contribution in [3.8, 4) is 5.88 Å². The highest BCUT2D eigenvalue weighted by atomic mass is 79.9. The van der Waals surface area contributed by atoms with Gasteiger partial charge in [0.2, 0.25) is 21.9 Å². The topological polar surface area (TPSA) is 75.6 Å². The molecule has 27 heavy (non-hydrogen) atoms. The quantitative estimate of drug-likeness (QED) is 0.691. The van der Waals surface area contributed by atoms with Crippen LogP contribution in [0, 0.1) is 6.92 Å². The summed E-state index contributed by atoms with van der Waals surface area (Å²) in [6.07, 6.45) is 1.66. The van der Waals surface area contributed by atoms with Crippen molar-refractivity contribution in [1.82, 2.24) is 14.3 Å². The molecule has 2 heterocycles. The van der Waals surface area contributed by atoms with Gasteiger partial charge in [-0.2, -0.15) is 9.29 Å². The Morgan fingerprint density at radius 2 is 1.74 bits per heavy atom. The molecule has 9 heteroatoms. The second-order valence-electron chi connectivity index (χ2n) is 6.69. The third-order valence-electron chi connectivity index (χ3n) is 4.23. The first-order valence-corrected chi connectivity index (χ1v) is 11.0. The molecule has 0 unspecified atom stereocenters. The zero-order chi connectivity index (χ0) is 19.6. The van der Waals surface area contributed by atoms with E-state index in [2.05, 4.69) is 25.9 Å². The highest BCUT2D eigenvalue weighted by Crippen LogP contribution is 2.26. The molecule has 0 aliphatic carbocycles. The number of nitrogens with zero attached hydrogens (tertiary/aromatic N) is 4. The summed E-state index contributed by atoms with van der Waals surface area (Å²) in [5.41, 5.74) is 1.03. The first-order valence-electron chi connectivity index (χ1n) is 8.78. The summed E-state index contributed by atoms with van der Waals surface area (Å²) >= 11 is 3.39. The molecule has 0 radical (unpaired) electrons. The van der Waals surface area contributed by atoms with E-state index in [4.69, 9.17) is 4.74 Å². The standard InChI is InChI=1S/C18H23BrN4O3S/c1-13(2)26-17-16(19)12-20-18(21-17)22-8-10-23(11-9-22)27(24,25)15-6-4-14(3)5-7-15/h4-7,12-13H,8-11H2,1-3H3. The van der Waals surface area contributed by atoms with Gasteiger partial charge in [0.15, 0.2) is 0 Å². The van der Waals surface area contributed by atoms with Crippen molar-refractivity contribution in [1.29, 1.82) is 0 Å². The number of hydrogen-bond donors (Lipinski definition) is 0. The lowest BCUT2D eigenvalue weighted by Gasteiger charge is -2.34. The van der Waals surface area contributed by atoms with E-state index in [1.807, 2.05) is 37.8 Å². The number of aryl methyl sites for hydroxylation is 1. The van der Waals surface area contributed by atoms with Crippen LogP contribution in [0.5, 0.6) is 5.88 Å². The van der Waals surface area contributed by atoms with E-state index < -0.39 is 10.0 Å². The van der Waals surface area contributed by atoms with E-state index in [1.54, 1.807) is 18.3 Å². The number of hydrogen-bond acceptors (Lipinski definition) is 6. The zero-order valence-corrected chi connectivity index (χ0v) is 18.0. The summed E-state index contributed by atoms with van der Waals surface area (Å²) in [5.74, 6) is 1.03. The molecule has 1 aromatic carbocycles. The van der Waals surface area contributed by atoms with Crippen LogP contribution in [0.2, 0.25) is 0 Å². The lowest BCUT2D eigenvalue weighted by Crippen LogP contribution is -2.49. The summed E-state index contributed by atoms with van der Waals surface area (Å²) in [6.45, 7) is 7.62. The van der Waals surface area contributed by atoms with E-state index in [0.717, 1.165) is 5.56 Å². The number of anilines is 1. The Morgan fingerprint density at radius 3 is 2.33 bits per heavy atom. The number of ether oxygens (including phenoxy) is 1. The van der Waals surface area contributed by atoms with Crippen molar-refractivity contribution in [3.05, 3.63) is 40.5 Å². The van der Waals surface area contributed by atoms with Crippen molar-refractivity contribution in [2.24, 2.45) is 0 Å². The summed E-state index contributed by atoms with van der Waals surface area (Å²) in [7, 11) is -3.48. The highest BCUT2D eigenvalue weighted by Gasteiger charge is 2.29. The van der Waals surface area contributed by atoms with Crippen molar-refractivity contribution in [2.45, 2.75) is 31.8 Å². The van der Waals surface area contributed by atoms with Gasteiger partial charge in [-0.15, -0.1) is 0 Å². The number of benzene rings is 1. The Bertz CT molecular complexity index is 895. The van der Waals surface area contributed by atoms with Gasteiger partial charge in [0.1, 0.15) is 0 Å². The number of piperazine rings is 1. The van der Waals surface area contributed by atoms with Crippen LogP contribution in [-0.4, -0.2) is 55.0 Å². The Hall–Kier alpha value is -1.71. The van der Waals surface area contributed by atoms with E-state index >= 15 is 0 Å². The molecule has 0 spiro atoms. The van der Waals surface area contributed by atoms with Crippen LogP contribution >= 0.6 is 15.9 Å². The molecule has 1 aliphatic rings. The summed E-state index contributed by atoms with van der Waals surface area (Å²) in [6, 6.07) is 6.94. The summed E-state index contributed by atoms with van der Waals surface area (Å²) < 4.78 is 33.5. The minimum absolute atomic E-state index is 0.000509. The molecule has 0 N–H and O–H groups in total. The monoisotopic (exact) mass is 454 g/mol. The maximum absolute atomic E-state index is 12.8. The number of sulfonamides is 1. The second kappa shape index (κ2) is 8.12. The van der Waals surface area contributed by atoms with E-state index in [1.165, 1.54) is 4.31 Å². The normalized spacial score (nSPS) is 16.0. The van der Waals surface area contributed by atoms with E-state index in [9.17, 15) is 8.42 Å². The molecule has 0 saturated carbocycles. The van der Waals surface area contributed by atoms with Gasteiger partial charge in [0, 0.05) is 26.2 Å². The van der Waals surface area contributed by atoms with Gasteiger partial charge in [-0.3, -0.25) is 0 Å². The molecule has 1 saturated heterocycles. The lowest BCUT2D eigenvalue weighted by atomic mass is 10.2. The number of aromatic nitrogens is 2. The summed E-state index contributed by atoms with van der Waals surface area (Å²) in [5, 5.41) is 0. The van der Waals surface area contributed by atoms with Crippen LogP contribution in [0.4, 0.5) is 5.95 Å². The Kier molecular flexibility index (Phi) is 6.02. The van der Waals surface area contributed by atoms with Gasteiger partial charge in [0.25, 0.3) is 0 Å². The van der Waals surface area contributed by atoms with Gasteiger partial charge >= 0.3 is 0 Å². The molecule has 0 amide bonds. The van der Waals surface area contributed by atoms with Crippen molar-refractivity contribution in [3.63, 3.8) is 0 Å². The molecule has 0 atom stereocenters. The average molecular weight is 455 g/mol. The fourth-order valence-corrected chi connectivity index (χ4v) is 4.50. The summed E-state index contributed by atoms with van der Waals surface area (Å²) in [4.78, 5) is 11.1. The van der Waals surface area contributed by atoms with Gasteiger partial charge in [-0.1, -0.05) is 17.7 Å². The highest BCUT2D eigenvalue weighted by molar-refractivity contribution is 9.10. The van der Waals surface area contributed by atoms with Gasteiger partial charge in [-0.25, -0.2) is 13.4 Å². The zero-order valence-electron chi connectivity index (χ0n) is 15.6. The van der Waals surface area contributed by atoms with Crippen molar-refractivity contribution in [2.75, 3.05) is 31.1 Å². The molecular formula is C18H23BrN4O3S. The average Bonchev–Trinajstić information content (AvgIpc) is 2.64. The third kappa shape index (κ3) is 4.59. The maximum atomic E-state index is 12.8. The smallest absolute Gasteiger partial charge is 0.243 e. The molecule has 3 rings (SSSR count). The molecular weight excluding hydrogens is 432 g/mol. The van der Waals surface area contributed by atoms with Gasteiger partial charge in [-0.05, 0) is 48.8 Å². The van der Waals surface area contributed by atoms with Crippen LogP contribution in [0.3, 0.4) is 0 Å². The molecule has 0 bridgehead atoms. The number of halogens is 1. The van der Waals surface area contributed by atoms with Gasteiger partial charge in [0.05, 0.1) is 21.7 Å². The largest absolute Gasteiger partial charge is 0.474 e. The predicted octanol–water partition coefficient (Wildman–Crippen LogP) is 2.85. The van der Waals surface area contributed by atoms with E-state index in [0.29, 0.717) is 47.4 Å². The van der Waals surface area contributed by atoms with Crippen molar-refractivity contribution < 1.29 is 13.2 Å². The fourth-order valence-electron chi connectivity index (χ4n) is 2.79. The first-order chi connectivity index (χ1) is 12.8. The van der Waals surface area contributed by atoms with E-state index in [-0.39, 0.29) is 6.10 Å². The molecule has 2 aromatic rings.